The number of likely N-dealkylation sites (tertiary alicyclic amines) is 1. The summed E-state index contributed by atoms with van der Waals surface area (Å²) >= 11 is 0. The van der Waals surface area contributed by atoms with Gasteiger partial charge in [-0.2, -0.15) is 5.10 Å². The molecule has 2 heterocycles. The average molecular weight is 335 g/mol. The summed E-state index contributed by atoms with van der Waals surface area (Å²) < 4.78 is 7.02. The maximum atomic E-state index is 12.9. The second-order valence-electron chi connectivity index (χ2n) is 6.75. The Hall–Kier alpha value is -1.89. The number of aryl methyl sites for hydroxylation is 1. The minimum atomic E-state index is -0.789. The van der Waals surface area contributed by atoms with Gasteiger partial charge in [-0.05, 0) is 44.6 Å². The highest BCUT2D eigenvalue weighted by Crippen LogP contribution is 2.44. The van der Waals surface area contributed by atoms with Crippen molar-refractivity contribution in [3.63, 3.8) is 0 Å². The lowest BCUT2D eigenvalue weighted by Crippen LogP contribution is -2.32. The molecule has 7 nitrogen and oxygen atoms in total. The molecule has 1 aromatic rings. The highest BCUT2D eigenvalue weighted by molar-refractivity contribution is 5.93. The summed E-state index contributed by atoms with van der Waals surface area (Å²) in [6.45, 7) is 6.26. The van der Waals surface area contributed by atoms with Crippen molar-refractivity contribution in [2.45, 2.75) is 33.2 Å². The lowest BCUT2D eigenvalue weighted by Gasteiger charge is -2.17. The lowest BCUT2D eigenvalue weighted by atomic mass is 9.92. The Bertz CT molecular complexity index is 623. The van der Waals surface area contributed by atoms with Gasteiger partial charge in [0.25, 0.3) is 5.91 Å². The van der Waals surface area contributed by atoms with Crippen molar-refractivity contribution in [3.05, 3.63) is 17.5 Å². The maximum Gasteiger partial charge on any atom is 0.308 e. The summed E-state index contributed by atoms with van der Waals surface area (Å²) in [5.74, 6) is -0.798. The van der Waals surface area contributed by atoms with Gasteiger partial charge in [0.2, 0.25) is 0 Å². The van der Waals surface area contributed by atoms with Gasteiger partial charge in [-0.15, -0.1) is 0 Å². The van der Waals surface area contributed by atoms with Crippen molar-refractivity contribution in [2.24, 2.45) is 17.8 Å². The fraction of sp³-hybridized carbons (Fsp3) is 0.706. The number of carbonyl (C=O) groups excluding carboxylic acids is 1. The molecule has 1 N–H and O–H groups in total. The van der Waals surface area contributed by atoms with Crippen LogP contribution in [0.15, 0.2) is 6.07 Å². The Labute approximate surface area is 141 Å². The van der Waals surface area contributed by atoms with E-state index < -0.39 is 11.9 Å². The predicted octanol–water partition coefficient (Wildman–Crippen LogP) is 1.41. The number of carboxylic acid groups (broad SMARTS) is 1. The average Bonchev–Trinajstić information content (AvgIpc) is 3.17. The minimum Gasteiger partial charge on any atom is -0.481 e. The van der Waals surface area contributed by atoms with Gasteiger partial charge in [0.15, 0.2) is 0 Å². The molecule has 1 saturated carbocycles. The normalized spacial score (nSPS) is 23.7. The zero-order valence-electron chi connectivity index (χ0n) is 14.3. The molecule has 0 radical (unpaired) electrons. The zero-order chi connectivity index (χ0) is 17.3. The predicted molar refractivity (Wildman–Crippen MR) is 86.7 cm³/mol. The molecule has 3 rings (SSSR count). The number of amides is 1. The first-order chi connectivity index (χ1) is 11.5. The minimum absolute atomic E-state index is 0.0901. The monoisotopic (exact) mass is 335 g/mol. The summed E-state index contributed by atoms with van der Waals surface area (Å²) in [6.07, 6.45) is 2.17. The van der Waals surface area contributed by atoms with Crippen LogP contribution in [0.25, 0.3) is 0 Å². The van der Waals surface area contributed by atoms with E-state index in [1.54, 1.807) is 15.6 Å². The Morgan fingerprint density at radius 1 is 1.38 bits per heavy atom. The number of carbonyl (C=O) groups is 2. The third kappa shape index (κ3) is 3.45. The summed E-state index contributed by atoms with van der Waals surface area (Å²) in [6, 6.07) is 1.77. The van der Waals surface area contributed by atoms with Crippen LogP contribution in [0.2, 0.25) is 0 Å². The largest absolute Gasteiger partial charge is 0.481 e. The first kappa shape index (κ1) is 17.0. The third-order valence-electron chi connectivity index (χ3n) is 4.97. The highest BCUT2D eigenvalue weighted by atomic mass is 16.5. The molecule has 132 valence electrons. The van der Waals surface area contributed by atoms with E-state index in [1.165, 1.54) is 0 Å². The first-order valence-corrected chi connectivity index (χ1v) is 8.65. The van der Waals surface area contributed by atoms with Crippen LogP contribution < -0.4 is 0 Å². The Morgan fingerprint density at radius 3 is 2.75 bits per heavy atom. The van der Waals surface area contributed by atoms with E-state index in [0.717, 1.165) is 18.5 Å². The van der Waals surface area contributed by atoms with Crippen molar-refractivity contribution >= 4 is 11.9 Å². The fourth-order valence-corrected chi connectivity index (χ4v) is 3.60. The molecule has 24 heavy (non-hydrogen) atoms. The molecule has 1 aliphatic heterocycles. The summed E-state index contributed by atoms with van der Waals surface area (Å²) in [7, 11) is 0. The first-order valence-electron chi connectivity index (χ1n) is 8.65. The van der Waals surface area contributed by atoms with Crippen LogP contribution in [0.3, 0.4) is 0 Å². The molecule has 0 spiro atoms. The lowest BCUT2D eigenvalue weighted by molar-refractivity contribution is -0.142. The summed E-state index contributed by atoms with van der Waals surface area (Å²) in [5, 5.41) is 13.8. The topological polar surface area (TPSA) is 84.7 Å². The molecule has 0 aromatic carbocycles. The molecular weight excluding hydrogens is 310 g/mol. The molecule has 2 atom stereocenters. The highest BCUT2D eigenvalue weighted by Gasteiger charge is 2.47. The number of hydrogen-bond acceptors (Lipinski definition) is 4. The number of carboxylic acids is 1. The smallest absolute Gasteiger partial charge is 0.308 e. The molecule has 1 saturated heterocycles. The van der Waals surface area contributed by atoms with Crippen molar-refractivity contribution in [2.75, 3.05) is 26.3 Å². The number of aliphatic carboxylic acids is 1. The van der Waals surface area contributed by atoms with E-state index in [-0.39, 0.29) is 11.8 Å². The van der Waals surface area contributed by atoms with Gasteiger partial charge in [-0.3, -0.25) is 14.3 Å². The van der Waals surface area contributed by atoms with Crippen molar-refractivity contribution in [3.8, 4) is 0 Å². The second kappa shape index (κ2) is 6.93. The van der Waals surface area contributed by atoms with Crippen LogP contribution in [0.1, 0.15) is 35.9 Å². The van der Waals surface area contributed by atoms with Crippen molar-refractivity contribution in [1.29, 1.82) is 0 Å². The number of nitrogens with zero attached hydrogens (tertiary/aromatic N) is 3. The Kier molecular flexibility index (Phi) is 4.89. The molecule has 0 unspecified atom stereocenters. The fourth-order valence-electron chi connectivity index (χ4n) is 3.60. The number of aromatic nitrogens is 2. The van der Waals surface area contributed by atoms with Crippen LogP contribution in [-0.4, -0.2) is 58.0 Å². The molecule has 7 heteroatoms. The van der Waals surface area contributed by atoms with Crippen LogP contribution in [0, 0.1) is 24.7 Å². The maximum absolute atomic E-state index is 12.9. The Morgan fingerprint density at radius 2 is 2.12 bits per heavy atom. The number of ether oxygens (including phenoxy) is 1. The zero-order valence-corrected chi connectivity index (χ0v) is 14.3. The van der Waals surface area contributed by atoms with Crippen LogP contribution in [0.4, 0.5) is 0 Å². The van der Waals surface area contributed by atoms with E-state index in [1.807, 2.05) is 13.8 Å². The van der Waals surface area contributed by atoms with Crippen LogP contribution in [0.5, 0.6) is 0 Å². The van der Waals surface area contributed by atoms with Gasteiger partial charge in [0, 0.05) is 19.7 Å². The van der Waals surface area contributed by atoms with Gasteiger partial charge >= 0.3 is 5.97 Å². The Balaban J connectivity index is 1.73. The molecule has 0 bridgehead atoms. The van der Waals surface area contributed by atoms with E-state index in [9.17, 15) is 14.7 Å². The molecule has 1 aliphatic carbocycles. The number of rotatable bonds is 7. The summed E-state index contributed by atoms with van der Waals surface area (Å²) in [5.41, 5.74) is 1.30. The molecule has 1 aromatic heterocycles. The summed E-state index contributed by atoms with van der Waals surface area (Å²) in [4.78, 5) is 26.1. The van der Waals surface area contributed by atoms with Gasteiger partial charge in [0.1, 0.15) is 5.69 Å². The van der Waals surface area contributed by atoms with Gasteiger partial charge in [-0.1, -0.05) is 0 Å². The van der Waals surface area contributed by atoms with E-state index >= 15 is 0 Å². The molecule has 2 aliphatic rings. The van der Waals surface area contributed by atoms with E-state index in [4.69, 9.17) is 4.74 Å². The van der Waals surface area contributed by atoms with Gasteiger partial charge < -0.3 is 14.7 Å². The standard InChI is InChI=1S/C17H25N3O4/c1-3-24-7-6-20-15(8-11(2)18-20)16(21)19-9-13(12-4-5-12)14(10-19)17(22)23/h8,12-14H,3-7,9-10H2,1-2H3,(H,22,23)/t13-,14+/m0/s1. The quantitative estimate of drug-likeness (QED) is 0.762. The van der Waals surface area contributed by atoms with Crippen LogP contribution in [-0.2, 0) is 16.1 Å². The molecule has 2 fully saturated rings. The molecule has 1 amide bonds. The van der Waals surface area contributed by atoms with Gasteiger partial charge in [0.05, 0.1) is 24.8 Å². The van der Waals surface area contributed by atoms with E-state index in [2.05, 4.69) is 5.10 Å². The van der Waals surface area contributed by atoms with Crippen molar-refractivity contribution < 1.29 is 19.4 Å². The SMILES string of the molecule is CCOCCn1nc(C)cc1C(=O)N1C[C@@H](C(=O)O)[C@H](C2CC2)C1. The third-order valence-corrected chi connectivity index (χ3v) is 4.97. The van der Waals surface area contributed by atoms with Crippen molar-refractivity contribution in [1.82, 2.24) is 14.7 Å². The number of hydrogen-bond donors (Lipinski definition) is 1. The second-order valence-corrected chi connectivity index (χ2v) is 6.75. The molecular formula is C17H25N3O4. The van der Waals surface area contributed by atoms with Crippen LogP contribution >= 0.6 is 0 Å². The van der Waals surface area contributed by atoms with Gasteiger partial charge in [-0.25, -0.2) is 0 Å². The van der Waals surface area contributed by atoms with E-state index in [0.29, 0.717) is 44.5 Å².